The maximum Gasteiger partial charge on any atom is 0.272 e. The van der Waals surface area contributed by atoms with Gasteiger partial charge in [-0.05, 0) is 43.7 Å². The highest BCUT2D eigenvalue weighted by molar-refractivity contribution is 6.03. The van der Waals surface area contributed by atoms with E-state index in [-0.39, 0.29) is 5.91 Å². The predicted octanol–water partition coefficient (Wildman–Crippen LogP) is 4.04. The fourth-order valence-corrected chi connectivity index (χ4v) is 3.58. The number of amides is 1. The van der Waals surface area contributed by atoms with Gasteiger partial charge in [-0.3, -0.25) is 9.69 Å². The van der Waals surface area contributed by atoms with Gasteiger partial charge in [-0.25, -0.2) is 0 Å². The van der Waals surface area contributed by atoms with Crippen molar-refractivity contribution in [3.05, 3.63) is 53.9 Å². The molecule has 0 bridgehead atoms. The van der Waals surface area contributed by atoms with Gasteiger partial charge in [-0.2, -0.15) is 0 Å². The van der Waals surface area contributed by atoms with Crippen LogP contribution in [0.5, 0.6) is 0 Å². The van der Waals surface area contributed by atoms with Crippen LogP contribution in [0.2, 0.25) is 0 Å². The molecule has 1 aromatic heterocycles. The Kier molecular flexibility index (Phi) is 5.36. The van der Waals surface area contributed by atoms with Gasteiger partial charge in [-0.15, -0.1) is 0 Å². The molecular weight excluding hydrogens is 298 g/mol. The molecule has 0 unspecified atom stereocenters. The predicted molar refractivity (Wildman–Crippen MR) is 98.1 cm³/mol. The van der Waals surface area contributed by atoms with Crippen LogP contribution in [0.4, 0.5) is 5.69 Å². The molecule has 4 heteroatoms. The molecule has 1 saturated carbocycles. The largest absolute Gasteiger partial charge is 0.347 e. The SMILES string of the molecule is CN(Cc1ccccc1NC(=O)c1cccn1C)C1CCCCC1. The van der Waals surface area contributed by atoms with Crippen LogP contribution >= 0.6 is 0 Å². The monoisotopic (exact) mass is 325 g/mol. The molecule has 1 heterocycles. The molecule has 0 atom stereocenters. The van der Waals surface area contributed by atoms with Crippen LogP contribution < -0.4 is 5.32 Å². The molecule has 0 aliphatic heterocycles. The smallest absolute Gasteiger partial charge is 0.272 e. The molecule has 24 heavy (non-hydrogen) atoms. The first-order chi connectivity index (χ1) is 11.6. The summed E-state index contributed by atoms with van der Waals surface area (Å²) in [4.78, 5) is 14.9. The first-order valence-electron chi connectivity index (χ1n) is 8.86. The Morgan fingerprint density at radius 1 is 1.17 bits per heavy atom. The molecule has 1 aliphatic carbocycles. The number of aryl methyl sites for hydroxylation is 1. The van der Waals surface area contributed by atoms with Crippen molar-refractivity contribution in [3.63, 3.8) is 0 Å². The van der Waals surface area contributed by atoms with Gasteiger partial charge in [0.1, 0.15) is 5.69 Å². The third-order valence-corrected chi connectivity index (χ3v) is 5.06. The van der Waals surface area contributed by atoms with E-state index in [1.807, 2.05) is 48.1 Å². The Morgan fingerprint density at radius 3 is 2.62 bits per heavy atom. The van der Waals surface area contributed by atoms with Crippen LogP contribution in [-0.2, 0) is 13.6 Å². The van der Waals surface area contributed by atoms with Crippen molar-refractivity contribution in [1.82, 2.24) is 9.47 Å². The van der Waals surface area contributed by atoms with Gasteiger partial charge in [0.15, 0.2) is 0 Å². The van der Waals surface area contributed by atoms with Gasteiger partial charge in [0.2, 0.25) is 0 Å². The Hall–Kier alpha value is -2.07. The zero-order chi connectivity index (χ0) is 16.9. The Bertz CT molecular complexity index is 686. The third kappa shape index (κ3) is 3.88. The van der Waals surface area contributed by atoms with E-state index in [1.54, 1.807) is 0 Å². The van der Waals surface area contributed by atoms with E-state index in [0.29, 0.717) is 11.7 Å². The molecule has 0 radical (unpaired) electrons. The van der Waals surface area contributed by atoms with Crippen LogP contribution in [0.25, 0.3) is 0 Å². The summed E-state index contributed by atoms with van der Waals surface area (Å²) in [7, 11) is 4.09. The topological polar surface area (TPSA) is 37.3 Å². The van der Waals surface area contributed by atoms with Gasteiger partial charge in [0.25, 0.3) is 5.91 Å². The summed E-state index contributed by atoms with van der Waals surface area (Å²) in [6, 6.07) is 12.5. The maximum atomic E-state index is 12.5. The average molecular weight is 325 g/mol. The number of hydrogen-bond acceptors (Lipinski definition) is 2. The summed E-state index contributed by atoms with van der Waals surface area (Å²) >= 11 is 0. The van der Waals surface area contributed by atoms with Gasteiger partial charge < -0.3 is 9.88 Å². The second-order valence-electron chi connectivity index (χ2n) is 6.82. The van der Waals surface area contributed by atoms with Gasteiger partial charge in [0.05, 0.1) is 0 Å². The second-order valence-corrected chi connectivity index (χ2v) is 6.82. The zero-order valence-electron chi connectivity index (χ0n) is 14.7. The number of rotatable bonds is 5. The van der Waals surface area contributed by atoms with Crippen LogP contribution in [0.15, 0.2) is 42.6 Å². The van der Waals surface area contributed by atoms with Crippen molar-refractivity contribution in [2.75, 3.05) is 12.4 Å². The van der Waals surface area contributed by atoms with Gasteiger partial charge in [-0.1, -0.05) is 37.5 Å². The molecule has 0 spiro atoms. The molecule has 1 N–H and O–H groups in total. The summed E-state index contributed by atoms with van der Waals surface area (Å²) in [6.07, 6.45) is 8.50. The highest BCUT2D eigenvalue weighted by atomic mass is 16.1. The van der Waals surface area contributed by atoms with E-state index in [2.05, 4.69) is 23.3 Å². The quantitative estimate of drug-likeness (QED) is 0.901. The van der Waals surface area contributed by atoms with E-state index in [0.717, 1.165) is 12.2 Å². The number of anilines is 1. The van der Waals surface area contributed by atoms with Crippen molar-refractivity contribution in [2.45, 2.75) is 44.7 Å². The van der Waals surface area contributed by atoms with Crippen LogP contribution in [-0.4, -0.2) is 28.5 Å². The highest BCUT2D eigenvalue weighted by Gasteiger charge is 2.19. The molecule has 1 fully saturated rings. The number of benzene rings is 1. The average Bonchev–Trinajstić information content (AvgIpc) is 3.03. The van der Waals surface area contributed by atoms with Gasteiger partial charge in [0, 0.05) is 31.5 Å². The standard InChI is InChI=1S/C20H27N3O/c1-22-14-8-13-19(22)20(24)21-18-12-7-6-9-16(18)15-23(2)17-10-4-3-5-11-17/h6-9,12-14,17H,3-5,10-11,15H2,1-2H3,(H,21,24). The molecule has 4 nitrogen and oxygen atoms in total. The lowest BCUT2D eigenvalue weighted by Crippen LogP contribution is -2.33. The molecule has 1 aromatic carbocycles. The minimum absolute atomic E-state index is 0.0599. The molecule has 2 aromatic rings. The van der Waals surface area contributed by atoms with Crippen molar-refractivity contribution in [1.29, 1.82) is 0 Å². The number of carbonyl (C=O) groups excluding carboxylic acids is 1. The lowest BCUT2D eigenvalue weighted by Gasteiger charge is -2.31. The number of aromatic nitrogens is 1. The van der Waals surface area contributed by atoms with E-state index >= 15 is 0 Å². The Morgan fingerprint density at radius 2 is 1.92 bits per heavy atom. The molecule has 128 valence electrons. The molecule has 1 aliphatic rings. The third-order valence-electron chi connectivity index (χ3n) is 5.06. The summed E-state index contributed by atoms with van der Waals surface area (Å²) < 4.78 is 1.84. The fourth-order valence-electron chi connectivity index (χ4n) is 3.58. The van der Waals surface area contributed by atoms with Crippen molar-refractivity contribution in [3.8, 4) is 0 Å². The molecule has 1 amide bonds. The summed E-state index contributed by atoms with van der Waals surface area (Å²) in [6.45, 7) is 0.869. The van der Waals surface area contributed by atoms with Crippen LogP contribution in [0, 0.1) is 0 Å². The van der Waals surface area contributed by atoms with E-state index in [9.17, 15) is 4.79 Å². The molecule has 3 rings (SSSR count). The first kappa shape index (κ1) is 16.8. The lowest BCUT2D eigenvalue weighted by molar-refractivity contribution is 0.101. The fraction of sp³-hybridized carbons (Fsp3) is 0.450. The van der Waals surface area contributed by atoms with Crippen molar-refractivity contribution < 1.29 is 4.79 Å². The summed E-state index contributed by atoms with van der Waals surface area (Å²) in [5.74, 6) is -0.0599. The molecule has 0 saturated heterocycles. The van der Waals surface area contributed by atoms with Crippen LogP contribution in [0.3, 0.4) is 0 Å². The van der Waals surface area contributed by atoms with E-state index < -0.39 is 0 Å². The normalized spacial score (nSPS) is 15.6. The summed E-state index contributed by atoms with van der Waals surface area (Å²) in [5.41, 5.74) is 2.75. The number of hydrogen-bond donors (Lipinski definition) is 1. The van der Waals surface area contributed by atoms with E-state index in [1.165, 1.54) is 37.7 Å². The minimum Gasteiger partial charge on any atom is -0.347 e. The van der Waals surface area contributed by atoms with Gasteiger partial charge >= 0.3 is 0 Å². The van der Waals surface area contributed by atoms with Crippen molar-refractivity contribution >= 4 is 11.6 Å². The highest BCUT2D eigenvalue weighted by Crippen LogP contribution is 2.25. The van der Waals surface area contributed by atoms with Crippen LogP contribution in [0.1, 0.15) is 48.2 Å². The zero-order valence-corrected chi connectivity index (χ0v) is 14.7. The Balaban J connectivity index is 1.70. The Labute approximate surface area is 144 Å². The lowest BCUT2D eigenvalue weighted by atomic mass is 9.94. The number of nitrogens with zero attached hydrogens (tertiary/aromatic N) is 2. The number of nitrogens with one attached hydrogen (secondary N) is 1. The summed E-state index contributed by atoms with van der Waals surface area (Å²) in [5, 5.41) is 3.08. The molecular formula is C20H27N3O. The van der Waals surface area contributed by atoms with Crippen molar-refractivity contribution in [2.24, 2.45) is 7.05 Å². The maximum absolute atomic E-state index is 12.5. The number of para-hydroxylation sites is 1. The first-order valence-corrected chi connectivity index (χ1v) is 8.86. The second kappa shape index (κ2) is 7.67. The number of carbonyl (C=O) groups is 1. The minimum atomic E-state index is -0.0599. The van der Waals surface area contributed by atoms with E-state index in [4.69, 9.17) is 0 Å².